The smallest absolute Gasteiger partial charge is 0.303 e. The van der Waals surface area contributed by atoms with E-state index in [9.17, 15) is 9.59 Å². The van der Waals surface area contributed by atoms with Crippen LogP contribution in [0.3, 0.4) is 0 Å². The Morgan fingerprint density at radius 3 is 1.35 bits per heavy atom. The number of carbonyl (C=O) groups is 2. The molecule has 0 aromatic rings. The van der Waals surface area contributed by atoms with Gasteiger partial charge in [-0.05, 0) is 25.7 Å². The average molecular weight is 328 g/mol. The molecule has 0 amide bonds. The molecule has 1 aliphatic heterocycles. The summed E-state index contributed by atoms with van der Waals surface area (Å²) in [5.41, 5.74) is 0. The van der Waals surface area contributed by atoms with Crippen molar-refractivity contribution in [2.75, 3.05) is 0 Å². The lowest BCUT2D eigenvalue weighted by Crippen LogP contribution is -1.96. The van der Waals surface area contributed by atoms with Gasteiger partial charge < -0.3 is 14.9 Å². The zero-order valence-electron chi connectivity index (χ0n) is 14.2. The van der Waals surface area contributed by atoms with E-state index in [1.165, 1.54) is 25.7 Å². The Balaban J connectivity index is 1.77. The monoisotopic (exact) mass is 328 g/mol. The highest BCUT2D eigenvalue weighted by Crippen LogP contribution is 2.31. The highest BCUT2D eigenvalue weighted by atomic mass is 16.6. The Morgan fingerprint density at radius 1 is 0.609 bits per heavy atom. The van der Waals surface area contributed by atoms with Crippen LogP contribution in [0, 0.1) is 0 Å². The van der Waals surface area contributed by atoms with E-state index in [1.54, 1.807) is 0 Å². The summed E-state index contributed by atoms with van der Waals surface area (Å²) in [5, 5.41) is 17.1. The van der Waals surface area contributed by atoms with Crippen LogP contribution in [0.2, 0.25) is 0 Å². The van der Waals surface area contributed by atoms with Crippen molar-refractivity contribution in [3.63, 3.8) is 0 Å². The molecule has 1 saturated heterocycles. The van der Waals surface area contributed by atoms with Crippen molar-refractivity contribution in [3.05, 3.63) is 0 Å². The number of unbranched alkanes of at least 4 members (excludes halogenated alkanes) is 8. The maximum Gasteiger partial charge on any atom is 0.303 e. The number of carboxylic acids is 2. The summed E-state index contributed by atoms with van der Waals surface area (Å²) >= 11 is 0. The third-order valence-electron chi connectivity index (χ3n) is 4.45. The molecule has 0 radical (unpaired) electrons. The first kappa shape index (κ1) is 19.9. The van der Waals surface area contributed by atoms with Crippen LogP contribution in [-0.2, 0) is 14.3 Å². The molecule has 1 unspecified atom stereocenters. The van der Waals surface area contributed by atoms with Gasteiger partial charge in [0, 0.05) is 12.8 Å². The molecule has 0 spiro atoms. The predicted octanol–water partition coefficient (Wildman–Crippen LogP) is 4.38. The summed E-state index contributed by atoms with van der Waals surface area (Å²) in [6, 6.07) is 0. The van der Waals surface area contributed by atoms with Gasteiger partial charge in [0.25, 0.3) is 0 Å². The molecule has 1 aliphatic rings. The summed E-state index contributed by atoms with van der Waals surface area (Å²) in [5.74, 6) is -1.39. The highest BCUT2D eigenvalue weighted by molar-refractivity contribution is 5.66. The molecule has 0 aromatic heterocycles. The minimum absolute atomic E-state index is 0.296. The Labute approximate surface area is 139 Å². The van der Waals surface area contributed by atoms with Gasteiger partial charge in [0.15, 0.2) is 0 Å². The largest absolute Gasteiger partial charge is 0.481 e. The van der Waals surface area contributed by atoms with E-state index in [2.05, 4.69) is 0 Å². The molecule has 23 heavy (non-hydrogen) atoms. The quantitative estimate of drug-likeness (QED) is 0.324. The van der Waals surface area contributed by atoms with Crippen molar-refractivity contribution in [3.8, 4) is 0 Å². The molecule has 1 fully saturated rings. The molecule has 134 valence electrons. The van der Waals surface area contributed by atoms with Crippen molar-refractivity contribution >= 4 is 11.9 Å². The Hall–Kier alpha value is -1.10. The first-order valence-electron chi connectivity index (χ1n) is 9.18. The molecule has 0 aliphatic carbocycles. The van der Waals surface area contributed by atoms with Gasteiger partial charge >= 0.3 is 11.9 Å². The van der Waals surface area contributed by atoms with Crippen molar-refractivity contribution in [2.24, 2.45) is 0 Å². The van der Waals surface area contributed by atoms with Gasteiger partial charge in [0.1, 0.15) is 0 Å². The van der Waals surface area contributed by atoms with Crippen LogP contribution in [0.1, 0.15) is 89.9 Å². The summed E-state index contributed by atoms with van der Waals surface area (Å²) in [6.07, 6.45) is 14.4. The van der Waals surface area contributed by atoms with E-state index >= 15 is 0 Å². The van der Waals surface area contributed by atoms with Crippen LogP contribution >= 0.6 is 0 Å². The second kappa shape index (κ2) is 12.3. The number of rotatable bonds is 16. The standard InChI is InChI=1S/C18H32O5/c19-17(20)13-9-5-1-3-7-11-15-16(23-15)12-8-4-2-6-10-14-18(21)22/h15-16H,1-14H2,(H,19,20)(H,21,22)/t15-,16?/m1/s1. The van der Waals surface area contributed by atoms with Gasteiger partial charge in [-0.1, -0.05) is 51.4 Å². The Kier molecular flexibility index (Phi) is 10.7. The molecule has 0 saturated carbocycles. The lowest BCUT2D eigenvalue weighted by atomic mass is 10.0. The molecule has 0 bridgehead atoms. The van der Waals surface area contributed by atoms with Gasteiger partial charge in [-0.15, -0.1) is 0 Å². The summed E-state index contributed by atoms with van der Waals surface area (Å²) in [4.78, 5) is 20.7. The molecule has 2 N–H and O–H groups in total. The molecule has 1 rings (SSSR count). The van der Waals surface area contributed by atoms with Crippen LogP contribution in [0.15, 0.2) is 0 Å². The number of carboxylic acid groups (broad SMARTS) is 2. The van der Waals surface area contributed by atoms with E-state index in [-0.39, 0.29) is 0 Å². The second-order valence-electron chi connectivity index (χ2n) is 6.61. The minimum atomic E-state index is -0.693. The molecule has 5 heteroatoms. The van der Waals surface area contributed by atoms with E-state index < -0.39 is 11.9 Å². The Bertz CT molecular complexity index is 310. The van der Waals surface area contributed by atoms with Crippen molar-refractivity contribution in [1.29, 1.82) is 0 Å². The summed E-state index contributed by atoms with van der Waals surface area (Å²) < 4.78 is 5.68. The van der Waals surface area contributed by atoms with Crippen LogP contribution < -0.4 is 0 Å². The molecular formula is C18H32O5. The fourth-order valence-electron chi connectivity index (χ4n) is 2.99. The number of hydrogen-bond acceptors (Lipinski definition) is 3. The first-order chi connectivity index (χ1) is 11.1. The SMILES string of the molecule is O=C(O)CCCCCCCC1O[C@@H]1CCCCCCCC(=O)O. The number of aliphatic carboxylic acids is 2. The van der Waals surface area contributed by atoms with Crippen LogP contribution in [-0.4, -0.2) is 34.4 Å². The number of ether oxygens (including phenoxy) is 1. The second-order valence-corrected chi connectivity index (χ2v) is 6.61. The maximum absolute atomic E-state index is 10.4. The lowest BCUT2D eigenvalue weighted by molar-refractivity contribution is -0.138. The zero-order valence-corrected chi connectivity index (χ0v) is 14.2. The summed E-state index contributed by atoms with van der Waals surface area (Å²) in [6.45, 7) is 0. The van der Waals surface area contributed by atoms with Crippen LogP contribution in [0.5, 0.6) is 0 Å². The van der Waals surface area contributed by atoms with Gasteiger partial charge in [0.05, 0.1) is 12.2 Å². The van der Waals surface area contributed by atoms with Gasteiger partial charge in [-0.3, -0.25) is 9.59 Å². The van der Waals surface area contributed by atoms with E-state index in [4.69, 9.17) is 14.9 Å². The van der Waals surface area contributed by atoms with Crippen LogP contribution in [0.4, 0.5) is 0 Å². The first-order valence-corrected chi connectivity index (χ1v) is 9.18. The van der Waals surface area contributed by atoms with E-state index in [1.807, 2.05) is 0 Å². The Morgan fingerprint density at radius 2 is 0.957 bits per heavy atom. The van der Waals surface area contributed by atoms with Gasteiger partial charge in [-0.2, -0.15) is 0 Å². The fraction of sp³-hybridized carbons (Fsp3) is 0.889. The predicted molar refractivity (Wildman–Crippen MR) is 88.6 cm³/mol. The average Bonchev–Trinajstić information content (AvgIpc) is 3.23. The zero-order chi connectivity index (χ0) is 16.9. The minimum Gasteiger partial charge on any atom is -0.481 e. The molecule has 1 heterocycles. The topological polar surface area (TPSA) is 87.1 Å². The molecule has 2 atom stereocenters. The van der Waals surface area contributed by atoms with Crippen LogP contribution in [0.25, 0.3) is 0 Å². The van der Waals surface area contributed by atoms with Crippen molar-refractivity contribution in [1.82, 2.24) is 0 Å². The molecular weight excluding hydrogens is 296 g/mol. The third kappa shape index (κ3) is 12.0. The van der Waals surface area contributed by atoms with Crippen molar-refractivity contribution < 1.29 is 24.5 Å². The number of epoxide rings is 1. The molecule has 5 nitrogen and oxygen atoms in total. The normalized spacial score (nSPS) is 19.7. The third-order valence-corrected chi connectivity index (χ3v) is 4.45. The maximum atomic E-state index is 10.4. The van der Waals surface area contributed by atoms with Crippen molar-refractivity contribution in [2.45, 2.75) is 102 Å². The number of hydrogen-bond donors (Lipinski definition) is 2. The molecule has 0 aromatic carbocycles. The summed E-state index contributed by atoms with van der Waals surface area (Å²) in [7, 11) is 0. The lowest BCUT2D eigenvalue weighted by Gasteiger charge is -2.00. The van der Waals surface area contributed by atoms with E-state index in [0.717, 1.165) is 51.4 Å². The van der Waals surface area contributed by atoms with E-state index in [0.29, 0.717) is 25.0 Å². The highest BCUT2D eigenvalue weighted by Gasteiger charge is 2.36. The van der Waals surface area contributed by atoms with Gasteiger partial charge in [-0.25, -0.2) is 0 Å². The fourth-order valence-corrected chi connectivity index (χ4v) is 2.99. The van der Waals surface area contributed by atoms with Gasteiger partial charge in [0.2, 0.25) is 0 Å².